The van der Waals surface area contributed by atoms with Crippen LogP contribution in [-0.2, 0) is 11.3 Å². The molecule has 0 amide bonds. The van der Waals surface area contributed by atoms with Gasteiger partial charge in [0.2, 0.25) is 0 Å². The lowest BCUT2D eigenvalue weighted by molar-refractivity contribution is -0.117. The molecule has 0 aromatic heterocycles. The minimum atomic E-state index is 0.205. The zero-order chi connectivity index (χ0) is 13.7. The van der Waals surface area contributed by atoms with Crippen molar-refractivity contribution >= 4 is 17.4 Å². The van der Waals surface area contributed by atoms with E-state index in [0.717, 1.165) is 30.0 Å². The highest BCUT2D eigenvalue weighted by Gasteiger charge is 2.10. The number of nitrogens with zero attached hydrogens (tertiary/aromatic N) is 1. The number of aryl methyl sites for hydroxylation is 1. The Morgan fingerprint density at radius 2 is 2.11 bits per heavy atom. The molecule has 100 valence electrons. The molecular formula is C14H20ClNO2. The first-order valence-corrected chi connectivity index (χ1v) is 6.32. The molecule has 1 aromatic carbocycles. The molecule has 0 aliphatic carbocycles. The van der Waals surface area contributed by atoms with E-state index in [0.29, 0.717) is 11.4 Å². The maximum absolute atomic E-state index is 11.0. The number of carbonyl (C=O) groups is 1. The fraction of sp³-hybridized carbons (Fsp3) is 0.500. The summed E-state index contributed by atoms with van der Waals surface area (Å²) < 4.78 is 5.41. The van der Waals surface area contributed by atoms with Crippen LogP contribution in [0.1, 0.15) is 24.5 Å². The van der Waals surface area contributed by atoms with Gasteiger partial charge in [-0.05, 0) is 38.6 Å². The lowest BCUT2D eigenvalue weighted by Gasteiger charge is -2.19. The normalized spacial score (nSPS) is 10.8. The van der Waals surface area contributed by atoms with Gasteiger partial charge < -0.3 is 9.64 Å². The molecule has 0 atom stereocenters. The van der Waals surface area contributed by atoms with Crippen molar-refractivity contribution in [2.24, 2.45) is 0 Å². The second-order valence-electron chi connectivity index (χ2n) is 4.60. The van der Waals surface area contributed by atoms with Crippen molar-refractivity contribution in [1.82, 2.24) is 4.90 Å². The van der Waals surface area contributed by atoms with E-state index in [1.54, 1.807) is 14.0 Å². The molecule has 4 heteroatoms. The molecule has 1 aromatic rings. The minimum Gasteiger partial charge on any atom is -0.496 e. The Labute approximate surface area is 114 Å². The summed E-state index contributed by atoms with van der Waals surface area (Å²) >= 11 is 6.06. The van der Waals surface area contributed by atoms with Crippen LogP contribution in [0, 0.1) is 6.92 Å². The van der Waals surface area contributed by atoms with Crippen molar-refractivity contribution in [2.45, 2.75) is 26.8 Å². The first kappa shape index (κ1) is 15.0. The molecule has 0 aliphatic rings. The average molecular weight is 270 g/mol. The van der Waals surface area contributed by atoms with E-state index in [4.69, 9.17) is 16.3 Å². The van der Waals surface area contributed by atoms with Crippen LogP contribution in [0.25, 0.3) is 0 Å². The highest BCUT2D eigenvalue weighted by Crippen LogP contribution is 2.28. The van der Waals surface area contributed by atoms with E-state index in [9.17, 15) is 4.79 Å². The minimum absolute atomic E-state index is 0.205. The molecule has 0 fully saturated rings. The number of Topliss-reactive ketones (excluding diaryl/α,β-unsaturated/α-hetero) is 1. The van der Waals surface area contributed by atoms with Crippen molar-refractivity contribution in [3.05, 3.63) is 28.3 Å². The maximum Gasteiger partial charge on any atom is 0.131 e. The molecular weight excluding hydrogens is 250 g/mol. The van der Waals surface area contributed by atoms with Gasteiger partial charge in [0.05, 0.1) is 7.11 Å². The fourth-order valence-corrected chi connectivity index (χ4v) is 2.22. The van der Waals surface area contributed by atoms with Crippen molar-refractivity contribution < 1.29 is 9.53 Å². The molecule has 0 radical (unpaired) electrons. The van der Waals surface area contributed by atoms with Gasteiger partial charge in [-0.1, -0.05) is 11.6 Å². The van der Waals surface area contributed by atoms with Crippen LogP contribution in [0.4, 0.5) is 0 Å². The summed E-state index contributed by atoms with van der Waals surface area (Å²) in [6, 6.07) is 3.80. The molecule has 0 spiro atoms. The van der Waals surface area contributed by atoms with Crippen molar-refractivity contribution in [3.63, 3.8) is 0 Å². The number of ketones is 1. The largest absolute Gasteiger partial charge is 0.496 e. The Bertz CT molecular complexity index is 432. The SMILES string of the molecule is COc1c(C)cc(Cl)cc1CN(C)CCC(C)=O. The van der Waals surface area contributed by atoms with E-state index < -0.39 is 0 Å². The summed E-state index contributed by atoms with van der Waals surface area (Å²) in [7, 11) is 3.65. The van der Waals surface area contributed by atoms with Crippen LogP contribution in [0.2, 0.25) is 5.02 Å². The van der Waals surface area contributed by atoms with Gasteiger partial charge in [0.15, 0.2) is 0 Å². The molecule has 0 unspecified atom stereocenters. The number of methoxy groups -OCH3 is 1. The average Bonchev–Trinajstić information content (AvgIpc) is 2.26. The van der Waals surface area contributed by atoms with Gasteiger partial charge in [-0.2, -0.15) is 0 Å². The summed E-state index contributed by atoms with van der Waals surface area (Å²) in [4.78, 5) is 13.1. The van der Waals surface area contributed by atoms with Gasteiger partial charge in [-0.15, -0.1) is 0 Å². The lowest BCUT2D eigenvalue weighted by Crippen LogP contribution is -2.21. The third kappa shape index (κ3) is 4.31. The third-order valence-electron chi connectivity index (χ3n) is 2.81. The van der Waals surface area contributed by atoms with Gasteiger partial charge in [0, 0.05) is 30.1 Å². The number of hydrogen-bond acceptors (Lipinski definition) is 3. The van der Waals surface area contributed by atoms with E-state index in [1.807, 2.05) is 26.1 Å². The smallest absolute Gasteiger partial charge is 0.131 e. The van der Waals surface area contributed by atoms with Gasteiger partial charge in [-0.25, -0.2) is 0 Å². The van der Waals surface area contributed by atoms with Crippen LogP contribution in [0.5, 0.6) is 5.75 Å². The van der Waals surface area contributed by atoms with E-state index in [2.05, 4.69) is 4.90 Å². The number of hydrogen-bond donors (Lipinski definition) is 0. The van der Waals surface area contributed by atoms with Crippen LogP contribution in [-0.4, -0.2) is 31.4 Å². The van der Waals surface area contributed by atoms with Crippen molar-refractivity contribution in [1.29, 1.82) is 0 Å². The van der Waals surface area contributed by atoms with Gasteiger partial charge in [0.25, 0.3) is 0 Å². The number of halogens is 1. The van der Waals surface area contributed by atoms with Crippen molar-refractivity contribution in [3.8, 4) is 5.75 Å². The fourth-order valence-electron chi connectivity index (χ4n) is 1.93. The summed E-state index contributed by atoms with van der Waals surface area (Å²) in [6.07, 6.45) is 0.568. The Kier molecular flexibility index (Phi) is 5.63. The third-order valence-corrected chi connectivity index (χ3v) is 3.02. The summed E-state index contributed by atoms with van der Waals surface area (Å²) in [6.45, 7) is 5.05. The Morgan fingerprint density at radius 3 is 2.67 bits per heavy atom. The highest BCUT2D eigenvalue weighted by atomic mass is 35.5. The van der Waals surface area contributed by atoms with Gasteiger partial charge in [0.1, 0.15) is 11.5 Å². The predicted molar refractivity (Wildman–Crippen MR) is 74.4 cm³/mol. The van der Waals surface area contributed by atoms with Gasteiger partial charge >= 0.3 is 0 Å². The Hall–Kier alpha value is -1.06. The second kappa shape index (κ2) is 6.76. The molecule has 0 aliphatic heterocycles. The predicted octanol–water partition coefficient (Wildman–Crippen LogP) is 3.07. The Morgan fingerprint density at radius 1 is 1.44 bits per heavy atom. The van der Waals surface area contributed by atoms with E-state index in [-0.39, 0.29) is 5.78 Å². The topological polar surface area (TPSA) is 29.5 Å². The molecule has 18 heavy (non-hydrogen) atoms. The number of carbonyl (C=O) groups excluding carboxylic acids is 1. The second-order valence-corrected chi connectivity index (χ2v) is 5.04. The molecule has 0 bridgehead atoms. The summed E-state index contributed by atoms with van der Waals surface area (Å²) in [5.74, 6) is 1.07. The van der Waals surface area contributed by atoms with Crippen LogP contribution in [0.3, 0.4) is 0 Å². The first-order valence-electron chi connectivity index (χ1n) is 5.95. The molecule has 0 N–H and O–H groups in total. The number of ether oxygens (including phenoxy) is 1. The molecule has 0 saturated heterocycles. The van der Waals surface area contributed by atoms with Crippen LogP contribution >= 0.6 is 11.6 Å². The van der Waals surface area contributed by atoms with E-state index in [1.165, 1.54) is 0 Å². The quantitative estimate of drug-likeness (QED) is 0.795. The first-order chi connectivity index (χ1) is 8.43. The zero-order valence-corrected chi connectivity index (χ0v) is 12.2. The van der Waals surface area contributed by atoms with Crippen molar-refractivity contribution in [2.75, 3.05) is 20.7 Å². The highest BCUT2D eigenvalue weighted by molar-refractivity contribution is 6.30. The number of benzene rings is 1. The summed E-state index contributed by atoms with van der Waals surface area (Å²) in [5, 5.41) is 0.711. The zero-order valence-electron chi connectivity index (χ0n) is 11.4. The van der Waals surface area contributed by atoms with Gasteiger partial charge in [-0.3, -0.25) is 4.79 Å². The summed E-state index contributed by atoms with van der Waals surface area (Å²) in [5.41, 5.74) is 2.08. The van der Waals surface area contributed by atoms with Crippen LogP contribution < -0.4 is 4.74 Å². The lowest BCUT2D eigenvalue weighted by atomic mass is 10.1. The van der Waals surface area contributed by atoms with E-state index >= 15 is 0 Å². The molecule has 0 saturated carbocycles. The number of rotatable bonds is 6. The maximum atomic E-state index is 11.0. The molecule has 1 rings (SSSR count). The molecule has 0 heterocycles. The Balaban J connectivity index is 2.79. The standard InChI is InChI=1S/C14H20ClNO2/c1-10-7-13(15)8-12(14(10)18-4)9-16(3)6-5-11(2)17/h7-8H,5-6,9H2,1-4H3. The molecule has 3 nitrogen and oxygen atoms in total. The monoisotopic (exact) mass is 269 g/mol. The van der Waals surface area contributed by atoms with Crippen LogP contribution in [0.15, 0.2) is 12.1 Å².